The zero-order chi connectivity index (χ0) is 31.7. The molecule has 13 atom stereocenters. The van der Waals surface area contributed by atoms with E-state index in [4.69, 9.17) is 18.9 Å². The molecule has 0 aromatic heterocycles. The van der Waals surface area contributed by atoms with Crippen LogP contribution in [0.2, 0.25) is 0 Å². The Morgan fingerprint density at radius 1 is 1.05 bits per heavy atom. The van der Waals surface area contributed by atoms with E-state index < -0.39 is 18.0 Å². The van der Waals surface area contributed by atoms with E-state index in [1.54, 1.807) is 4.90 Å². The molecule has 2 heterocycles. The molecule has 8 nitrogen and oxygen atoms in total. The minimum Gasteiger partial charge on any atom is -0.453 e. The van der Waals surface area contributed by atoms with E-state index in [2.05, 4.69) is 34.6 Å². The van der Waals surface area contributed by atoms with Crippen LogP contribution in [0.4, 0.5) is 4.79 Å². The van der Waals surface area contributed by atoms with Gasteiger partial charge >= 0.3 is 6.09 Å². The molecule has 5 aliphatic carbocycles. The van der Waals surface area contributed by atoms with E-state index in [0.29, 0.717) is 60.6 Å². The van der Waals surface area contributed by atoms with Crippen LogP contribution < -0.4 is 0 Å². The molecule has 4 unspecified atom stereocenters. The molecule has 7 fully saturated rings. The lowest BCUT2D eigenvalue weighted by molar-refractivity contribution is -0.246. The van der Waals surface area contributed by atoms with Gasteiger partial charge in [0.2, 0.25) is 0 Å². The normalized spacial score (nSPS) is 52.6. The zero-order valence-electron chi connectivity index (χ0n) is 28.6. The summed E-state index contributed by atoms with van der Waals surface area (Å²) in [6.07, 6.45) is 8.51. The molecule has 0 radical (unpaired) electrons. The molecule has 0 bridgehead atoms. The Labute approximate surface area is 264 Å². The van der Waals surface area contributed by atoms with Gasteiger partial charge in [-0.05, 0) is 111 Å². The molecule has 1 amide bonds. The van der Waals surface area contributed by atoms with Crippen LogP contribution in [0.25, 0.3) is 0 Å². The van der Waals surface area contributed by atoms with Crippen molar-refractivity contribution < 1.29 is 34.0 Å². The summed E-state index contributed by atoms with van der Waals surface area (Å²) in [6.45, 7) is 17.3. The van der Waals surface area contributed by atoms with Crippen molar-refractivity contribution in [1.82, 2.24) is 4.90 Å². The van der Waals surface area contributed by atoms with Gasteiger partial charge in [-0.2, -0.15) is 0 Å². The van der Waals surface area contributed by atoms with Crippen LogP contribution in [0.1, 0.15) is 106 Å². The highest BCUT2D eigenvalue weighted by Crippen LogP contribution is 2.89. The number of nitrogens with zero attached hydrogens (tertiary/aromatic N) is 1. The van der Waals surface area contributed by atoms with Crippen molar-refractivity contribution in [2.75, 3.05) is 26.8 Å². The number of hydrogen-bond acceptors (Lipinski definition) is 7. The lowest BCUT2D eigenvalue weighted by atomic mass is 9.41. The SMILES string of the molecule is COC(=O)N1CCO[C@@H](O[C@H]2CC[C@]34CC35CC[C@]3(C)[C@@H]6C(OC(CC(C)(C)O)C[C@H]6C)[C@H](O)[C@@]3(C)C5CC[C@H]4C2(C)C)C1. The van der Waals surface area contributed by atoms with Crippen LogP contribution in [0.15, 0.2) is 0 Å². The van der Waals surface area contributed by atoms with Gasteiger partial charge in [0, 0.05) is 18.4 Å². The van der Waals surface area contributed by atoms with E-state index in [1.165, 1.54) is 32.8 Å². The summed E-state index contributed by atoms with van der Waals surface area (Å²) in [5.74, 6) is 1.89. The highest BCUT2D eigenvalue weighted by molar-refractivity contribution is 5.67. The first-order valence-electron chi connectivity index (χ1n) is 17.7. The fraction of sp³-hybridized carbons (Fsp3) is 0.972. The van der Waals surface area contributed by atoms with E-state index in [-0.39, 0.29) is 40.7 Å². The number of morpholine rings is 1. The fourth-order valence-corrected chi connectivity index (χ4v) is 13.5. The monoisotopic (exact) mass is 617 g/mol. The van der Waals surface area contributed by atoms with Gasteiger partial charge < -0.3 is 34.1 Å². The van der Waals surface area contributed by atoms with Gasteiger partial charge in [0.15, 0.2) is 6.29 Å². The Hall–Kier alpha value is -0.930. The Morgan fingerprint density at radius 2 is 1.75 bits per heavy atom. The minimum atomic E-state index is -0.774. The smallest absolute Gasteiger partial charge is 0.409 e. The van der Waals surface area contributed by atoms with Crippen LogP contribution in [0, 0.1) is 50.7 Å². The molecule has 2 N–H and O–H groups in total. The summed E-state index contributed by atoms with van der Waals surface area (Å²) in [5, 5.41) is 23.0. The average Bonchev–Trinajstić information content (AvgIpc) is 3.58. The summed E-state index contributed by atoms with van der Waals surface area (Å²) in [4.78, 5) is 13.9. The average molecular weight is 618 g/mol. The van der Waals surface area contributed by atoms with Gasteiger partial charge in [0.05, 0.1) is 50.3 Å². The summed E-state index contributed by atoms with van der Waals surface area (Å²) in [7, 11) is 1.42. The third-order valence-corrected chi connectivity index (χ3v) is 15.3. The van der Waals surface area contributed by atoms with E-state index >= 15 is 0 Å². The van der Waals surface area contributed by atoms with Gasteiger partial charge in [0.1, 0.15) is 0 Å². The van der Waals surface area contributed by atoms with Crippen molar-refractivity contribution in [1.29, 1.82) is 0 Å². The number of rotatable bonds is 4. The molecule has 7 aliphatic rings. The number of hydrogen-bond donors (Lipinski definition) is 2. The van der Waals surface area contributed by atoms with Gasteiger partial charge in [0.25, 0.3) is 0 Å². The second-order valence-electron chi connectivity index (χ2n) is 18.0. The molecule has 44 heavy (non-hydrogen) atoms. The molecule has 5 saturated carbocycles. The number of aliphatic hydroxyl groups is 2. The summed E-state index contributed by atoms with van der Waals surface area (Å²) >= 11 is 0. The molecular weight excluding hydrogens is 558 g/mol. The van der Waals surface area contributed by atoms with Crippen molar-refractivity contribution in [2.45, 2.75) is 143 Å². The highest BCUT2D eigenvalue weighted by atomic mass is 16.7. The third-order valence-electron chi connectivity index (χ3n) is 15.3. The summed E-state index contributed by atoms with van der Waals surface area (Å²) < 4.78 is 24.5. The lowest BCUT2D eigenvalue weighted by Gasteiger charge is -2.64. The van der Waals surface area contributed by atoms with Crippen LogP contribution in [-0.2, 0) is 18.9 Å². The maximum absolute atomic E-state index is 12.4. The standard InChI is InChI=1S/C36H59NO7/c1-21-17-22(18-31(2,3)40)43-28-27(21)33(6)13-14-36-20-35(36)12-11-25(44-26-19-37(15-16-42-26)30(39)41-8)32(4,5)23(35)9-10-24(36)34(33,7)29(28)38/h21-29,38,40H,9-20H2,1-8H3/t21-,22?,23+,24?,25+,26+,27+,28?,29+,33-,34-,35-,36?/m1/s1. The molecule has 2 aliphatic heterocycles. The second-order valence-corrected chi connectivity index (χ2v) is 18.0. The van der Waals surface area contributed by atoms with E-state index in [1.807, 2.05) is 13.8 Å². The number of aliphatic hydroxyl groups excluding tert-OH is 1. The molecule has 250 valence electrons. The van der Waals surface area contributed by atoms with Crippen molar-refractivity contribution in [3.63, 3.8) is 0 Å². The van der Waals surface area contributed by atoms with Crippen molar-refractivity contribution >= 4 is 6.09 Å². The fourth-order valence-electron chi connectivity index (χ4n) is 13.5. The number of ether oxygens (including phenoxy) is 4. The first kappa shape index (κ1) is 31.7. The Kier molecular flexibility index (Phi) is 7.22. The van der Waals surface area contributed by atoms with E-state index in [9.17, 15) is 15.0 Å². The maximum atomic E-state index is 12.4. The van der Waals surface area contributed by atoms with Gasteiger partial charge in [-0.25, -0.2) is 4.79 Å². The largest absolute Gasteiger partial charge is 0.453 e. The maximum Gasteiger partial charge on any atom is 0.409 e. The highest BCUT2D eigenvalue weighted by Gasteiger charge is 2.84. The predicted octanol–water partition coefficient (Wildman–Crippen LogP) is 5.77. The van der Waals surface area contributed by atoms with E-state index in [0.717, 1.165) is 25.7 Å². The first-order valence-corrected chi connectivity index (χ1v) is 17.7. The minimum absolute atomic E-state index is 0.00446. The number of amides is 1. The predicted molar refractivity (Wildman–Crippen MR) is 166 cm³/mol. The number of carbonyl (C=O) groups is 1. The van der Waals surface area contributed by atoms with Crippen LogP contribution in [0.3, 0.4) is 0 Å². The van der Waals surface area contributed by atoms with Crippen molar-refractivity contribution in [3.05, 3.63) is 0 Å². The quantitative estimate of drug-likeness (QED) is 0.413. The third kappa shape index (κ3) is 4.15. The van der Waals surface area contributed by atoms with Crippen molar-refractivity contribution in [3.8, 4) is 0 Å². The zero-order valence-corrected chi connectivity index (χ0v) is 28.6. The molecule has 0 aromatic rings. The van der Waals surface area contributed by atoms with Gasteiger partial charge in [-0.3, -0.25) is 0 Å². The molecule has 2 spiro atoms. The Morgan fingerprint density at radius 3 is 2.45 bits per heavy atom. The number of carbonyl (C=O) groups excluding carboxylic acids is 1. The lowest BCUT2D eigenvalue weighted by Crippen LogP contribution is -2.60. The van der Waals surface area contributed by atoms with Crippen LogP contribution in [-0.4, -0.2) is 84.3 Å². The Bertz CT molecular complexity index is 1150. The summed E-state index contributed by atoms with van der Waals surface area (Å²) in [6, 6.07) is 0. The molecule has 2 saturated heterocycles. The number of methoxy groups -OCH3 is 1. The topological polar surface area (TPSA) is 97.7 Å². The molecule has 0 aromatic carbocycles. The van der Waals surface area contributed by atoms with Crippen LogP contribution in [0.5, 0.6) is 0 Å². The van der Waals surface area contributed by atoms with Crippen LogP contribution >= 0.6 is 0 Å². The number of fused-ring (bicyclic) bond motifs is 4. The summed E-state index contributed by atoms with van der Waals surface area (Å²) in [5.41, 5.74) is -0.308. The molecule has 7 rings (SSSR count). The van der Waals surface area contributed by atoms with Gasteiger partial charge in [-0.15, -0.1) is 0 Å². The first-order chi connectivity index (χ1) is 20.5. The van der Waals surface area contributed by atoms with Gasteiger partial charge in [-0.1, -0.05) is 34.6 Å². The van der Waals surface area contributed by atoms with Crippen molar-refractivity contribution in [2.24, 2.45) is 50.7 Å². The second kappa shape index (κ2) is 10.0. The molecule has 8 heteroatoms. The Balaban J connectivity index is 1.12. The molecular formula is C36H59NO7.